The molecule has 1 aromatic rings. The van der Waals surface area contributed by atoms with Crippen LogP contribution in [0.2, 0.25) is 10.3 Å². The number of halogens is 2. The Labute approximate surface area is 134 Å². The molecule has 0 bridgehead atoms. The summed E-state index contributed by atoms with van der Waals surface area (Å²) >= 11 is 11.6. The molecule has 1 heterocycles. The Morgan fingerprint density at radius 2 is 1.95 bits per heavy atom. The van der Waals surface area contributed by atoms with E-state index in [1.165, 1.54) is 0 Å². The van der Waals surface area contributed by atoms with Crippen molar-refractivity contribution < 1.29 is 14.3 Å². The zero-order chi connectivity index (χ0) is 15.8. The summed E-state index contributed by atoms with van der Waals surface area (Å²) < 4.78 is 10.7. The van der Waals surface area contributed by atoms with Gasteiger partial charge in [-0.05, 0) is 45.0 Å². The lowest BCUT2D eigenvalue weighted by molar-refractivity contribution is -0.148. The smallest absolute Gasteiger partial charge is 0.323 e. The molecule has 0 radical (unpaired) electrons. The molecule has 118 valence electrons. The van der Waals surface area contributed by atoms with E-state index >= 15 is 0 Å². The van der Waals surface area contributed by atoms with Crippen LogP contribution in [0.15, 0.2) is 12.1 Å². The van der Waals surface area contributed by atoms with Crippen molar-refractivity contribution in [3.05, 3.63) is 28.0 Å². The second kappa shape index (κ2) is 9.20. The Bertz CT molecular complexity index is 449. The monoisotopic (exact) mass is 334 g/mol. The maximum Gasteiger partial charge on any atom is 0.323 e. The summed E-state index contributed by atoms with van der Waals surface area (Å²) in [7, 11) is 1.71. The van der Waals surface area contributed by atoms with Crippen LogP contribution >= 0.6 is 23.2 Å². The largest absolute Gasteiger partial charge is 0.460 e. The number of esters is 1. The number of nitrogens with one attached hydrogen (secondary N) is 1. The Morgan fingerprint density at radius 1 is 1.33 bits per heavy atom. The third-order valence-corrected chi connectivity index (χ3v) is 3.08. The van der Waals surface area contributed by atoms with Gasteiger partial charge in [0.2, 0.25) is 0 Å². The molecule has 0 aromatic carbocycles. The number of likely N-dealkylation sites (N-methyl/N-ethyl adjacent to an activating group) is 1. The second-order valence-corrected chi connectivity index (χ2v) is 5.55. The van der Waals surface area contributed by atoms with E-state index in [4.69, 9.17) is 32.7 Å². The van der Waals surface area contributed by atoms with Gasteiger partial charge in [-0.15, -0.1) is 0 Å². The molecule has 0 unspecified atom stereocenters. The molecule has 0 fully saturated rings. The first kappa shape index (κ1) is 18.2. The minimum Gasteiger partial charge on any atom is -0.460 e. The van der Waals surface area contributed by atoms with Gasteiger partial charge in [-0.2, -0.15) is 0 Å². The Balaban J connectivity index is 2.46. The third-order valence-electron chi connectivity index (χ3n) is 2.69. The Hall–Kier alpha value is -0.880. The fourth-order valence-corrected chi connectivity index (χ4v) is 2.16. The van der Waals surface area contributed by atoms with Crippen molar-refractivity contribution in [2.45, 2.75) is 39.0 Å². The van der Waals surface area contributed by atoms with Gasteiger partial charge < -0.3 is 14.8 Å². The molecule has 1 rings (SSSR count). The molecular formula is C14H20Cl2N2O3. The van der Waals surface area contributed by atoms with Gasteiger partial charge in [-0.25, -0.2) is 4.98 Å². The summed E-state index contributed by atoms with van der Waals surface area (Å²) in [4.78, 5) is 15.8. The zero-order valence-electron chi connectivity index (χ0n) is 12.4. The number of carbonyl (C=O) groups excluding carboxylic acids is 1. The normalized spacial score (nSPS) is 12.5. The van der Waals surface area contributed by atoms with E-state index in [0.29, 0.717) is 18.6 Å². The predicted octanol–water partition coefficient (Wildman–Crippen LogP) is 2.83. The molecule has 21 heavy (non-hydrogen) atoms. The summed E-state index contributed by atoms with van der Waals surface area (Å²) in [6.07, 6.45) is 0.686. The van der Waals surface area contributed by atoms with Gasteiger partial charge in [-0.3, -0.25) is 4.79 Å². The molecule has 0 aliphatic heterocycles. The lowest BCUT2D eigenvalue weighted by Gasteiger charge is -2.16. The van der Waals surface area contributed by atoms with E-state index in [2.05, 4.69) is 10.3 Å². The number of carbonyl (C=O) groups is 1. The quantitative estimate of drug-likeness (QED) is 0.585. The summed E-state index contributed by atoms with van der Waals surface area (Å²) in [6.45, 7) is 4.49. The van der Waals surface area contributed by atoms with E-state index in [0.717, 1.165) is 0 Å². The third kappa shape index (κ3) is 7.09. The first-order valence-electron chi connectivity index (χ1n) is 6.70. The van der Waals surface area contributed by atoms with Gasteiger partial charge in [0.05, 0.1) is 6.10 Å². The number of pyridine rings is 1. The van der Waals surface area contributed by atoms with Crippen LogP contribution in [0, 0.1) is 0 Å². The number of aromatic nitrogens is 1. The van der Waals surface area contributed by atoms with Crippen molar-refractivity contribution in [2.75, 3.05) is 13.7 Å². The highest BCUT2D eigenvalue weighted by Crippen LogP contribution is 2.15. The molecule has 5 nitrogen and oxygen atoms in total. The first-order valence-corrected chi connectivity index (χ1v) is 7.45. The minimum absolute atomic E-state index is 0.101. The number of nitrogens with zero attached hydrogens (tertiary/aromatic N) is 1. The van der Waals surface area contributed by atoms with Crippen molar-refractivity contribution in [2.24, 2.45) is 0 Å². The molecule has 1 N–H and O–H groups in total. The molecule has 0 aliphatic rings. The van der Waals surface area contributed by atoms with E-state index in [9.17, 15) is 4.79 Å². The lowest BCUT2D eigenvalue weighted by Crippen LogP contribution is -2.36. The maximum absolute atomic E-state index is 12.0. The van der Waals surface area contributed by atoms with Gasteiger partial charge >= 0.3 is 5.97 Å². The number of hydrogen-bond donors (Lipinski definition) is 1. The molecule has 0 saturated heterocycles. The van der Waals surface area contributed by atoms with E-state index in [1.807, 2.05) is 13.8 Å². The maximum atomic E-state index is 12.0. The fourth-order valence-electron chi connectivity index (χ4n) is 1.65. The van der Waals surface area contributed by atoms with E-state index < -0.39 is 6.04 Å². The van der Waals surface area contributed by atoms with Crippen LogP contribution in [-0.2, 0) is 20.9 Å². The Morgan fingerprint density at radius 3 is 2.48 bits per heavy atom. The Kier molecular flexibility index (Phi) is 7.96. The summed E-state index contributed by atoms with van der Waals surface area (Å²) in [5.41, 5.74) is 0.696. The van der Waals surface area contributed by atoms with Crippen molar-refractivity contribution >= 4 is 29.2 Å². The standard InChI is InChI=1S/C14H20Cl2N2O3/c1-9(2)20-5-4-11(17-3)14(19)21-8-10-6-12(15)18-13(16)7-10/h6-7,9,11,17H,4-5,8H2,1-3H3/t11-/m0/s1. The minimum atomic E-state index is -0.406. The van der Waals surface area contributed by atoms with Gasteiger partial charge in [0.25, 0.3) is 0 Å². The van der Waals surface area contributed by atoms with Crippen LogP contribution in [-0.4, -0.2) is 36.8 Å². The van der Waals surface area contributed by atoms with Crippen molar-refractivity contribution in [1.29, 1.82) is 0 Å². The predicted molar refractivity (Wildman–Crippen MR) is 82.6 cm³/mol. The first-order chi connectivity index (χ1) is 9.92. The highest BCUT2D eigenvalue weighted by Gasteiger charge is 2.18. The van der Waals surface area contributed by atoms with Crippen LogP contribution in [0.1, 0.15) is 25.8 Å². The van der Waals surface area contributed by atoms with Gasteiger partial charge in [0, 0.05) is 6.61 Å². The highest BCUT2D eigenvalue weighted by molar-refractivity contribution is 6.32. The molecule has 0 aliphatic carbocycles. The van der Waals surface area contributed by atoms with E-state index in [1.54, 1.807) is 19.2 Å². The summed E-state index contributed by atoms with van der Waals surface area (Å²) in [5, 5.41) is 3.45. The molecule has 7 heteroatoms. The lowest BCUT2D eigenvalue weighted by atomic mass is 10.2. The van der Waals surface area contributed by atoms with Crippen molar-refractivity contribution in [1.82, 2.24) is 10.3 Å². The molecule has 0 saturated carbocycles. The average molecular weight is 335 g/mol. The molecule has 0 spiro atoms. The zero-order valence-corrected chi connectivity index (χ0v) is 13.9. The topological polar surface area (TPSA) is 60.5 Å². The van der Waals surface area contributed by atoms with Gasteiger partial charge in [-0.1, -0.05) is 23.2 Å². The number of rotatable bonds is 8. The number of hydrogen-bond acceptors (Lipinski definition) is 5. The SMILES string of the molecule is CN[C@@H](CCOC(C)C)C(=O)OCc1cc(Cl)nc(Cl)c1. The van der Waals surface area contributed by atoms with E-state index in [-0.39, 0.29) is 29.0 Å². The molecule has 0 amide bonds. The van der Waals surface area contributed by atoms with Crippen LogP contribution < -0.4 is 5.32 Å². The molecule has 1 aromatic heterocycles. The van der Waals surface area contributed by atoms with Crippen LogP contribution in [0.5, 0.6) is 0 Å². The summed E-state index contributed by atoms with van der Waals surface area (Å²) in [5.74, 6) is -0.339. The molecule has 1 atom stereocenters. The second-order valence-electron chi connectivity index (χ2n) is 4.78. The highest BCUT2D eigenvalue weighted by atomic mass is 35.5. The van der Waals surface area contributed by atoms with Gasteiger partial charge in [0.15, 0.2) is 0 Å². The van der Waals surface area contributed by atoms with Crippen molar-refractivity contribution in [3.63, 3.8) is 0 Å². The average Bonchev–Trinajstić information content (AvgIpc) is 2.39. The van der Waals surface area contributed by atoms with Crippen LogP contribution in [0.3, 0.4) is 0 Å². The number of ether oxygens (including phenoxy) is 2. The molecular weight excluding hydrogens is 315 g/mol. The van der Waals surface area contributed by atoms with Crippen LogP contribution in [0.25, 0.3) is 0 Å². The fraction of sp³-hybridized carbons (Fsp3) is 0.571. The van der Waals surface area contributed by atoms with Crippen LogP contribution in [0.4, 0.5) is 0 Å². The summed E-state index contributed by atoms with van der Waals surface area (Å²) in [6, 6.07) is 2.81. The van der Waals surface area contributed by atoms with Crippen molar-refractivity contribution in [3.8, 4) is 0 Å². The van der Waals surface area contributed by atoms with Gasteiger partial charge in [0.1, 0.15) is 23.0 Å².